The first-order valence-corrected chi connectivity index (χ1v) is 10.3. The molecule has 1 fully saturated rings. The zero-order valence-corrected chi connectivity index (χ0v) is 16.9. The summed E-state index contributed by atoms with van der Waals surface area (Å²) in [5.74, 6) is 1.29. The molecule has 1 aliphatic rings. The van der Waals surface area contributed by atoms with Crippen LogP contribution in [0.2, 0.25) is 5.02 Å². The van der Waals surface area contributed by atoms with Gasteiger partial charge in [0.05, 0.1) is 23.4 Å². The first kappa shape index (κ1) is 19.9. The van der Waals surface area contributed by atoms with Gasteiger partial charge in [-0.3, -0.25) is 9.69 Å². The summed E-state index contributed by atoms with van der Waals surface area (Å²) in [6.45, 7) is 3.54. The maximum absolute atomic E-state index is 12.6. The summed E-state index contributed by atoms with van der Waals surface area (Å²) >= 11 is 7.96. The second-order valence-corrected chi connectivity index (χ2v) is 8.31. The third-order valence-corrected chi connectivity index (χ3v) is 6.06. The molecular formula is C20H24ClN3O2S. The maximum atomic E-state index is 12.6. The molecule has 0 saturated carbocycles. The molecule has 0 radical (unpaired) electrons. The number of anilines is 1. The summed E-state index contributed by atoms with van der Waals surface area (Å²) in [6.07, 6.45) is 0. The second kappa shape index (κ2) is 9.35. The molecule has 27 heavy (non-hydrogen) atoms. The van der Waals surface area contributed by atoms with Crippen molar-refractivity contribution < 1.29 is 9.53 Å². The number of hydrogen-bond acceptors (Lipinski definition) is 5. The first-order valence-electron chi connectivity index (χ1n) is 8.86. The summed E-state index contributed by atoms with van der Waals surface area (Å²) in [7, 11) is 1.51. The van der Waals surface area contributed by atoms with Crippen molar-refractivity contribution in [3.8, 4) is 5.75 Å². The van der Waals surface area contributed by atoms with Crippen LogP contribution in [0.15, 0.2) is 42.5 Å². The average molecular weight is 406 g/mol. The van der Waals surface area contributed by atoms with E-state index in [1.807, 2.05) is 17.8 Å². The molecule has 0 aliphatic carbocycles. The van der Waals surface area contributed by atoms with E-state index in [2.05, 4.69) is 34.5 Å². The highest BCUT2D eigenvalue weighted by Crippen LogP contribution is 2.29. The zero-order valence-electron chi connectivity index (χ0n) is 15.3. The molecule has 7 heteroatoms. The van der Waals surface area contributed by atoms with E-state index < -0.39 is 0 Å². The van der Waals surface area contributed by atoms with E-state index in [1.165, 1.54) is 12.7 Å². The van der Waals surface area contributed by atoms with Crippen LogP contribution in [0, 0.1) is 0 Å². The Morgan fingerprint density at radius 2 is 2.15 bits per heavy atom. The molecule has 1 atom stereocenters. The lowest BCUT2D eigenvalue weighted by Crippen LogP contribution is -2.43. The number of methoxy groups -OCH3 is 1. The first-order chi connectivity index (χ1) is 13.1. The molecule has 1 unspecified atom stereocenters. The van der Waals surface area contributed by atoms with Crippen molar-refractivity contribution in [2.45, 2.75) is 11.8 Å². The fourth-order valence-electron chi connectivity index (χ4n) is 3.11. The lowest BCUT2D eigenvalue weighted by atomic mass is 10.1. The van der Waals surface area contributed by atoms with Crippen molar-refractivity contribution in [3.05, 3.63) is 58.6 Å². The van der Waals surface area contributed by atoms with Crippen LogP contribution in [0.3, 0.4) is 0 Å². The van der Waals surface area contributed by atoms with Gasteiger partial charge in [-0.15, -0.1) is 0 Å². The highest BCUT2D eigenvalue weighted by molar-refractivity contribution is 8.00. The summed E-state index contributed by atoms with van der Waals surface area (Å²) < 4.78 is 5.26. The normalized spacial score (nSPS) is 17.5. The number of ether oxygens (including phenoxy) is 1. The standard InChI is InChI=1S/C20H24ClN3O2S/c1-26-19-10-18(22)17(21)9-16(19)20(25)23-11-15-13-24(7-8-27-15)12-14-5-3-2-4-6-14/h2-6,9-10,15H,7-8,11-13,22H2,1H3,(H,23,25). The van der Waals surface area contributed by atoms with Crippen LogP contribution in [0.25, 0.3) is 0 Å². The second-order valence-electron chi connectivity index (χ2n) is 6.50. The molecule has 0 aromatic heterocycles. The number of amides is 1. The number of nitrogens with one attached hydrogen (secondary N) is 1. The lowest BCUT2D eigenvalue weighted by molar-refractivity contribution is 0.0949. The number of halogens is 1. The van der Waals surface area contributed by atoms with E-state index in [4.69, 9.17) is 22.1 Å². The van der Waals surface area contributed by atoms with Crippen LogP contribution in [0.4, 0.5) is 5.69 Å². The number of nitrogen functional groups attached to an aromatic ring is 1. The van der Waals surface area contributed by atoms with Gasteiger partial charge in [0.15, 0.2) is 0 Å². The predicted molar refractivity (Wildman–Crippen MR) is 113 cm³/mol. The van der Waals surface area contributed by atoms with Crippen molar-refractivity contribution in [1.29, 1.82) is 0 Å². The van der Waals surface area contributed by atoms with Gasteiger partial charge in [0.1, 0.15) is 5.75 Å². The Labute approximate surface area is 169 Å². The van der Waals surface area contributed by atoms with Gasteiger partial charge in [-0.1, -0.05) is 41.9 Å². The third kappa shape index (κ3) is 5.31. The van der Waals surface area contributed by atoms with Crippen LogP contribution in [-0.2, 0) is 6.54 Å². The van der Waals surface area contributed by atoms with Crippen LogP contribution in [-0.4, -0.2) is 48.6 Å². The smallest absolute Gasteiger partial charge is 0.255 e. The van der Waals surface area contributed by atoms with Gasteiger partial charge in [0.25, 0.3) is 5.91 Å². The minimum Gasteiger partial charge on any atom is -0.496 e. The quantitative estimate of drug-likeness (QED) is 0.722. The summed E-state index contributed by atoms with van der Waals surface area (Å²) in [5.41, 5.74) is 7.89. The van der Waals surface area contributed by atoms with Crippen molar-refractivity contribution in [2.24, 2.45) is 0 Å². The van der Waals surface area contributed by atoms with E-state index in [-0.39, 0.29) is 5.91 Å². The Morgan fingerprint density at radius 1 is 1.37 bits per heavy atom. The minimum atomic E-state index is -0.200. The molecule has 0 spiro atoms. The number of nitrogens with zero attached hydrogens (tertiary/aromatic N) is 1. The van der Waals surface area contributed by atoms with Gasteiger partial charge in [-0.2, -0.15) is 11.8 Å². The molecule has 0 bridgehead atoms. The molecule has 2 aromatic rings. The van der Waals surface area contributed by atoms with Gasteiger partial charge in [-0.25, -0.2) is 0 Å². The molecule has 3 rings (SSSR count). The van der Waals surface area contributed by atoms with E-state index in [9.17, 15) is 4.79 Å². The molecule has 1 saturated heterocycles. The molecule has 1 heterocycles. The van der Waals surface area contributed by atoms with Crippen LogP contribution in [0.1, 0.15) is 15.9 Å². The van der Waals surface area contributed by atoms with Crippen LogP contribution < -0.4 is 15.8 Å². The highest BCUT2D eigenvalue weighted by Gasteiger charge is 2.22. The van der Waals surface area contributed by atoms with E-state index in [1.54, 1.807) is 12.1 Å². The third-order valence-electron chi connectivity index (χ3n) is 4.53. The van der Waals surface area contributed by atoms with Crippen molar-refractivity contribution in [3.63, 3.8) is 0 Å². The summed E-state index contributed by atoms with van der Waals surface area (Å²) in [5, 5.41) is 3.71. The minimum absolute atomic E-state index is 0.200. The Bertz CT molecular complexity index is 788. The molecule has 1 aliphatic heterocycles. The number of rotatable bonds is 6. The zero-order chi connectivity index (χ0) is 19.2. The molecule has 3 N–H and O–H groups in total. The van der Waals surface area contributed by atoms with Gasteiger partial charge >= 0.3 is 0 Å². The Hall–Kier alpha value is -1.89. The van der Waals surface area contributed by atoms with Gasteiger partial charge in [0.2, 0.25) is 0 Å². The number of nitrogens with two attached hydrogens (primary N) is 1. The molecule has 1 amide bonds. The van der Waals surface area contributed by atoms with Gasteiger partial charge < -0.3 is 15.8 Å². The van der Waals surface area contributed by atoms with Crippen molar-refractivity contribution in [1.82, 2.24) is 10.2 Å². The fraction of sp³-hybridized carbons (Fsp3) is 0.350. The van der Waals surface area contributed by atoms with E-state index in [0.717, 1.165) is 25.4 Å². The number of hydrogen-bond donors (Lipinski definition) is 2. The highest BCUT2D eigenvalue weighted by atomic mass is 35.5. The molecule has 5 nitrogen and oxygen atoms in total. The molecular weight excluding hydrogens is 382 g/mol. The lowest BCUT2D eigenvalue weighted by Gasteiger charge is -2.32. The Kier molecular flexibility index (Phi) is 6.88. The number of carbonyl (C=O) groups is 1. The maximum Gasteiger partial charge on any atom is 0.255 e. The summed E-state index contributed by atoms with van der Waals surface area (Å²) in [4.78, 5) is 15.0. The Morgan fingerprint density at radius 3 is 2.89 bits per heavy atom. The number of thioether (sulfide) groups is 1. The Balaban J connectivity index is 1.56. The van der Waals surface area contributed by atoms with E-state index in [0.29, 0.717) is 33.8 Å². The largest absolute Gasteiger partial charge is 0.496 e. The molecule has 144 valence electrons. The average Bonchev–Trinajstić information content (AvgIpc) is 2.69. The SMILES string of the molecule is COc1cc(N)c(Cl)cc1C(=O)NCC1CN(Cc2ccccc2)CCS1. The van der Waals surface area contributed by atoms with Crippen molar-refractivity contribution in [2.75, 3.05) is 38.2 Å². The number of benzene rings is 2. The molecule has 2 aromatic carbocycles. The topological polar surface area (TPSA) is 67.6 Å². The summed E-state index contributed by atoms with van der Waals surface area (Å²) in [6, 6.07) is 13.6. The van der Waals surface area contributed by atoms with Crippen molar-refractivity contribution >= 4 is 35.0 Å². The van der Waals surface area contributed by atoms with Crippen LogP contribution in [0.5, 0.6) is 5.75 Å². The number of carbonyl (C=O) groups excluding carboxylic acids is 1. The van der Waals surface area contributed by atoms with E-state index >= 15 is 0 Å². The fourth-order valence-corrected chi connectivity index (χ4v) is 4.48. The van der Waals surface area contributed by atoms with Gasteiger partial charge in [0, 0.05) is 43.2 Å². The van der Waals surface area contributed by atoms with Crippen LogP contribution >= 0.6 is 23.4 Å². The predicted octanol–water partition coefficient (Wildman–Crippen LogP) is 3.28. The monoisotopic (exact) mass is 405 g/mol. The van der Waals surface area contributed by atoms with Gasteiger partial charge in [-0.05, 0) is 11.6 Å².